The molecule has 2 N–H and O–H groups in total. The number of pyridine rings is 1. The van der Waals surface area contributed by atoms with E-state index in [0.29, 0.717) is 37.6 Å². The fourth-order valence-corrected chi connectivity index (χ4v) is 4.78. The Morgan fingerprint density at radius 2 is 2.05 bits per heavy atom. The monoisotopic (exact) mass is 565 g/mol. The molecule has 5 heterocycles. The Labute approximate surface area is 228 Å². The van der Waals surface area contributed by atoms with E-state index in [9.17, 15) is 22.8 Å². The molecular weight excluding hydrogens is 535 g/mol. The lowest BCUT2D eigenvalue weighted by molar-refractivity contribution is -0.149. The lowest BCUT2D eigenvalue weighted by Crippen LogP contribution is -2.56. The summed E-state index contributed by atoms with van der Waals surface area (Å²) in [5.41, 5.74) is 0.518. The highest BCUT2D eigenvalue weighted by Crippen LogP contribution is 2.37. The van der Waals surface area contributed by atoms with Crippen LogP contribution in [0.4, 0.5) is 35.3 Å². The van der Waals surface area contributed by atoms with Gasteiger partial charge in [-0.2, -0.15) is 13.2 Å². The van der Waals surface area contributed by atoms with E-state index in [-0.39, 0.29) is 30.4 Å². The third-order valence-corrected chi connectivity index (χ3v) is 6.82. The van der Waals surface area contributed by atoms with Gasteiger partial charge in [-0.15, -0.1) is 0 Å². The summed E-state index contributed by atoms with van der Waals surface area (Å²) >= 11 is 0. The molecule has 216 valence electrons. The van der Waals surface area contributed by atoms with E-state index in [1.165, 1.54) is 17.3 Å². The Hall–Kier alpha value is -3.72. The first-order valence-electron chi connectivity index (χ1n) is 12.9. The first-order valence-corrected chi connectivity index (χ1v) is 12.9. The molecule has 0 aliphatic carbocycles. The standard InChI is InChI=1S/C25H30F3N7O5/c1-14(25(26,27)28)31-22(36)20-30-10-18-21(33-20)35(15-5-4-8-34(18)11-15)23(37)32-19-7-6-16(9-29-19)38-12-17-13-39-24(2,3)40-17/h6-7,9-10,14-15,17H,4-5,8,11-13H2,1-3H3,(H,31,36)(H,29,32,37)/t14-,15?,17-/m1/s1. The largest absolute Gasteiger partial charge is 0.489 e. The Kier molecular flexibility index (Phi) is 7.44. The molecule has 2 aromatic heterocycles. The molecule has 2 saturated heterocycles. The fraction of sp³-hybridized carbons (Fsp3) is 0.560. The van der Waals surface area contributed by atoms with Crippen molar-refractivity contribution >= 4 is 29.3 Å². The quantitative estimate of drug-likeness (QED) is 0.543. The lowest BCUT2D eigenvalue weighted by atomic mass is 10.0. The highest BCUT2D eigenvalue weighted by molar-refractivity contribution is 6.04. The number of piperidine rings is 1. The van der Waals surface area contributed by atoms with Crippen LogP contribution in [0.5, 0.6) is 5.75 Å². The van der Waals surface area contributed by atoms with E-state index in [4.69, 9.17) is 14.2 Å². The van der Waals surface area contributed by atoms with E-state index in [1.807, 2.05) is 24.1 Å². The van der Waals surface area contributed by atoms with Crippen molar-refractivity contribution in [2.75, 3.05) is 41.4 Å². The summed E-state index contributed by atoms with van der Waals surface area (Å²) < 4.78 is 55.8. The predicted molar refractivity (Wildman–Crippen MR) is 136 cm³/mol. The third kappa shape index (κ3) is 6.04. The number of hydrogen-bond donors (Lipinski definition) is 2. The molecule has 3 atom stereocenters. The van der Waals surface area contributed by atoms with Crippen LogP contribution in [-0.2, 0) is 9.47 Å². The summed E-state index contributed by atoms with van der Waals surface area (Å²) in [6.07, 6.45) is -0.506. The summed E-state index contributed by atoms with van der Waals surface area (Å²) in [4.78, 5) is 41.8. The zero-order chi connectivity index (χ0) is 28.7. The molecule has 0 aromatic carbocycles. The molecule has 1 unspecified atom stereocenters. The minimum atomic E-state index is -4.62. The molecule has 3 aliphatic rings. The van der Waals surface area contributed by atoms with Gasteiger partial charge >= 0.3 is 12.2 Å². The highest BCUT2D eigenvalue weighted by Gasteiger charge is 2.41. The van der Waals surface area contributed by atoms with Crippen molar-refractivity contribution in [1.29, 1.82) is 0 Å². The minimum absolute atomic E-state index is 0.148. The highest BCUT2D eigenvalue weighted by atomic mass is 19.4. The van der Waals surface area contributed by atoms with Gasteiger partial charge in [-0.3, -0.25) is 15.0 Å². The minimum Gasteiger partial charge on any atom is -0.489 e. The van der Waals surface area contributed by atoms with Gasteiger partial charge in [0.1, 0.15) is 30.3 Å². The molecule has 0 radical (unpaired) electrons. The van der Waals surface area contributed by atoms with Crippen LogP contribution >= 0.6 is 0 Å². The molecule has 12 nitrogen and oxygen atoms in total. The number of carbonyl (C=O) groups excluding carboxylic acids is 2. The van der Waals surface area contributed by atoms with Crippen molar-refractivity contribution in [3.05, 3.63) is 30.4 Å². The van der Waals surface area contributed by atoms with Gasteiger partial charge in [-0.25, -0.2) is 19.7 Å². The zero-order valence-electron chi connectivity index (χ0n) is 22.2. The molecule has 15 heteroatoms. The first kappa shape index (κ1) is 27.8. The second kappa shape index (κ2) is 10.7. The van der Waals surface area contributed by atoms with Gasteiger partial charge in [0.15, 0.2) is 11.6 Å². The molecule has 2 bridgehead atoms. The Balaban J connectivity index is 1.29. The van der Waals surface area contributed by atoms with Crippen molar-refractivity contribution in [3.8, 4) is 5.75 Å². The first-order chi connectivity index (χ1) is 18.9. The maximum atomic E-state index is 13.5. The molecule has 2 aromatic rings. The normalized spacial score (nSPS) is 22.4. The number of alkyl halides is 3. The topological polar surface area (TPSA) is 131 Å². The SMILES string of the molecule is C[C@@H](NC(=O)c1ncc2c(n1)N(C(=O)Nc1ccc(OC[C@@H]3COC(C)(C)O3)cn1)C1CCCN2C1)C(F)(F)F. The zero-order valence-corrected chi connectivity index (χ0v) is 22.2. The number of carbonyl (C=O) groups is 2. The number of halogens is 3. The smallest absolute Gasteiger partial charge is 0.408 e. The second-order valence-electron chi connectivity index (χ2n) is 10.3. The van der Waals surface area contributed by atoms with E-state index in [2.05, 4.69) is 20.3 Å². The Morgan fingerprint density at radius 3 is 2.73 bits per heavy atom. The van der Waals surface area contributed by atoms with E-state index < -0.39 is 35.8 Å². The summed E-state index contributed by atoms with van der Waals surface area (Å²) in [7, 11) is 0. The molecular formula is C25H30F3N7O5. The van der Waals surface area contributed by atoms with Gasteiger partial charge < -0.3 is 24.4 Å². The Bertz CT molecular complexity index is 1260. The van der Waals surface area contributed by atoms with Gasteiger partial charge in [0, 0.05) is 13.1 Å². The third-order valence-electron chi connectivity index (χ3n) is 6.82. The molecule has 0 spiro atoms. The summed E-state index contributed by atoms with van der Waals surface area (Å²) in [6.45, 7) is 6.41. The van der Waals surface area contributed by atoms with Crippen molar-refractivity contribution in [2.24, 2.45) is 0 Å². The van der Waals surface area contributed by atoms with Crippen molar-refractivity contribution in [3.63, 3.8) is 0 Å². The molecule has 2 fully saturated rings. The van der Waals surface area contributed by atoms with Crippen LogP contribution in [0.3, 0.4) is 0 Å². The van der Waals surface area contributed by atoms with Gasteiger partial charge in [0.05, 0.1) is 30.7 Å². The number of nitrogens with zero attached hydrogens (tertiary/aromatic N) is 5. The number of hydrogen-bond acceptors (Lipinski definition) is 9. The van der Waals surface area contributed by atoms with Crippen LogP contribution in [0.2, 0.25) is 0 Å². The molecule has 3 aliphatic heterocycles. The maximum absolute atomic E-state index is 13.5. The average molecular weight is 566 g/mol. The van der Waals surface area contributed by atoms with Gasteiger partial charge in [0.2, 0.25) is 5.82 Å². The summed E-state index contributed by atoms with van der Waals surface area (Å²) in [5, 5.41) is 4.60. The van der Waals surface area contributed by atoms with Crippen LogP contribution in [0.15, 0.2) is 24.5 Å². The summed E-state index contributed by atoms with van der Waals surface area (Å²) in [5.74, 6) is -1.32. The van der Waals surface area contributed by atoms with E-state index >= 15 is 0 Å². The van der Waals surface area contributed by atoms with Crippen LogP contribution in [0, 0.1) is 0 Å². The number of rotatable bonds is 6. The van der Waals surface area contributed by atoms with E-state index in [1.54, 1.807) is 12.1 Å². The van der Waals surface area contributed by atoms with Crippen LogP contribution in [0.25, 0.3) is 0 Å². The molecule has 0 saturated carbocycles. The number of aromatic nitrogens is 3. The van der Waals surface area contributed by atoms with Gasteiger partial charge in [-0.05, 0) is 45.7 Å². The molecule has 3 amide bonds. The van der Waals surface area contributed by atoms with Crippen LogP contribution < -0.4 is 25.2 Å². The number of urea groups is 1. The number of amides is 3. The van der Waals surface area contributed by atoms with Crippen LogP contribution in [0.1, 0.15) is 44.2 Å². The van der Waals surface area contributed by atoms with E-state index in [0.717, 1.165) is 13.3 Å². The number of ether oxygens (including phenoxy) is 3. The number of nitrogens with one attached hydrogen (secondary N) is 2. The molecule has 5 rings (SSSR count). The second-order valence-corrected chi connectivity index (χ2v) is 10.3. The van der Waals surface area contributed by atoms with Crippen LogP contribution in [-0.4, -0.2) is 83.3 Å². The Morgan fingerprint density at radius 1 is 1.25 bits per heavy atom. The fourth-order valence-electron chi connectivity index (χ4n) is 4.78. The summed E-state index contributed by atoms with van der Waals surface area (Å²) in [6, 6.07) is 0.343. The number of anilines is 3. The lowest BCUT2D eigenvalue weighted by Gasteiger charge is -2.45. The van der Waals surface area contributed by atoms with Gasteiger partial charge in [0.25, 0.3) is 5.91 Å². The average Bonchev–Trinajstić information content (AvgIpc) is 3.26. The predicted octanol–water partition coefficient (Wildman–Crippen LogP) is 3.10. The number of fused-ring (bicyclic) bond motifs is 4. The molecule has 40 heavy (non-hydrogen) atoms. The maximum Gasteiger partial charge on any atom is 0.408 e. The van der Waals surface area contributed by atoms with Crippen molar-refractivity contribution in [2.45, 2.75) is 63.8 Å². The van der Waals surface area contributed by atoms with Gasteiger partial charge in [-0.1, -0.05) is 0 Å². The van der Waals surface area contributed by atoms with Crippen molar-refractivity contribution < 1.29 is 37.0 Å². The van der Waals surface area contributed by atoms with Crippen molar-refractivity contribution in [1.82, 2.24) is 20.3 Å².